The van der Waals surface area contributed by atoms with Crippen molar-refractivity contribution in [2.45, 2.75) is 25.3 Å². The van der Waals surface area contributed by atoms with Crippen LogP contribution in [0.3, 0.4) is 0 Å². The molecule has 1 atom stereocenters. The van der Waals surface area contributed by atoms with Crippen LogP contribution in [0.25, 0.3) is 0 Å². The van der Waals surface area contributed by atoms with Crippen LogP contribution in [0.5, 0.6) is 0 Å². The lowest BCUT2D eigenvalue weighted by molar-refractivity contribution is 0.392. The Bertz CT molecular complexity index is 450. The SMILES string of the molecule is C=CS(=O)(=O)N1CCC[C@@H]1Cc1cccs1. The third kappa shape index (κ3) is 2.36. The molecule has 3 nitrogen and oxygen atoms in total. The normalized spacial score (nSPS) is 22.4. The van der Waals surface area contributed by atoms with Gasteiger partial charge in [0.1, 0.15) is 0 Å². The van der Waals surface area contributed by atoms with Crippen molar-refractivity contribution in [3.63, 3.8) is 0 Å². The van der Waals surface area contributed by atoms with E-state index in [1.54, 1.807) is 15.6 Å². The average molecular weight is 257 g/mol. The van der Waals surface area contributed by atoms with E-state index >= 15 is 0 Å². The second kappa shape index (κ2) is 4.69. The van der Waals surface area contributed by atoms with Crippen molar-refractivity contribution < 1.29 is 8.42 Å². The van der Waals surface area contributed by atoms with Crippen molar-refractivity contribution in [3.8, 4) is 0 Å². The summed E-state index contributed by atoms with van der Waals surface area (Å²) in [5.41, 5.74) is 0. The zero-order valence-electron chi connectivity index (χ0n) is 9.00. The molecule has 1 aliphatic rings. The van der Waals surface area contributed by atoms with Gasteiger partial charge < -0.3 is 0 Å². The monoisotopic (exact) mass is 257 g/mol. The fraction of sp³-hybridized carbons (Fsp3) is 0.455. The van der Waals surface area contributed by atoms with Crippen LogP contribution in [0.2, 0.25) is 0 Å². The molecule has 0 spiro atoms. The molecule has 0 radical (unpaired) electrons. The second-order valence-electron chi connectivity index (χ2n) is 3.90. The minimum Gasteiger partial charge on any atom is -0.208 e. The molecule has 1 fully saturated rings. The molecular formula is C11H15NO2S2. The largest absolute Gasteiger partial charge is 0.235 e. The fourth-order valence-corrected chi connectivity index (χ4v) is 4.05. The van der Waals surface area contributed by atoms with Gasteiger partial charge in [-0.1, -0.05) is 12.6 Å². The number of hydrogen-bond acceptors (Lipinski definition) is 3. The first-order valence-corrected chi connectivity index (χ1v) is 7.68. The van der Waals surface area contributed by atoms with Crippen LogP contribution >= 0.6 is 11.3 Å². The Balaban J connectivity index is 2.13. The first-order valence-electron chi connectivity index (χ1n) is 5.30. The van der Waals surface area contributed by atoms with Gasteiger partial charge in [0.05, 0.1) is 0 Å². The maximum atomic E-state index is 11.8. The molecule has 88 valence electrons. The van der Waals surface area contributed by atoms with E-state index in [4.69, 9.17) is 0 Å². The zero-order chi connectivity index (χ0) is 11.6. The Morgan fingerprint density at radius 2 is 2.44 bits per heavy atom. The second-order valence-corrected chi connectivity index (χ2v) is 6.77. The Morgan fingerprint density at radius 1 is 1.62 bits per heavy atom. The van der Waals surface area contributed by atoms with Gasteiger partial charge in [0.15, 0.2) is 0 Å². The number of sulfonamides is 1. The standard InChI is InChI=1S/C11H15NO2S2/c1-2-16(13,14)12-7-3-5-10(12)9-11-6-4-8-15-11/h2,4,6,8,10H,1,3,5,7,9H2/t10-/m1/s1. The minimum absolute atomic E-state index is 0.113. The third-order valence-electron chi connectivity index (χ3n) is 2.88. The molecule has 1 aromatic rings. The third-order valence-corrected chi connectivity index (χ3v) is 5.33. The van der Waals surface area contributed by atoms with E-state index in [9.17, 15) is 8.42 Å². The number of thiophene rings is 1. The van der Waals surface area contributed by atoms with Crippen molar-refractivity contribution in [2.24, 2.45) is 0 Å². The lowest BCUT2D eigenvalue weighted by atomic mass is 10.1. The van der Waals surface area contributed by atoms with Crippen LogP contribution in [-0.2, 0) is 16.4 Å². The van der Waals surface area contributed by atoms with Crippen molar-refractivity contribution in [1.29, 1.82) is 0 Å². The van der Waals surface area contributed by atoms with E-state index in [-0.39, 0.29) is 6.04 Å². The van der Waals surface area contributed by atoms with Crippen LogP contribution in [0.15, 0.2) is 29.5 Å². The van der Waals surface area contributed by atoms with Crippen molar-refractivity contribution in [1.82, 2.24) is 4.31 Å². The molecule has 0 N–H and O–H groups in total. The highest BCUT2D eigenvalue weighted by Crippen LogP contribution is 2.26. The summed E-state index contributed by atoms with van der Waals surface area (Å²) in [4.78, 5) is 1.25. The lowest BCUT2D eigenvalue weighted by Gasteiger charge is -2.21. The Hall–Kier alpha value is -0.650. The number of hydrogen-bond donors (Lipinski definition) is 0. The van der Waals surface area contributed by atoms with Crippen LogP contribution in [0.1, 0.15) is 17.7 Å². The molecule has 0 amide bonds. The summed E-state index contributed by atoms with van der Waals surface area (Å²) in [6.45, 7) is 4.01. The first-order chi connectivity index (χ1) is 7.63. The van der Waals surface area contributed by atoms with Gasteiger partial charge in [-0.25, -0.2) is 8.42 Å². The summed E-state index contributed by atoms with van der Waals surface area (Å²) in [7, 11) is -3.25. The van der Waals surface area contributed by atoms with E-state index in [2.05, 4.69) is 12.6 Å². The van der Waals surface area contributed by atoms with E-state index in [1.165, 1.54) is 4.88 Å². The maximum Gasteiger partial charge on any atom is 0.235 e. The molecule has 1 aliphatic heterocycles. The number of nitrogens with zero attached hydrogens (tertiary/aromatic N) is 1. The molecule has 1 aromatic heterocycles. The highest BCUT2D eigenvalue weighted by Gasteiger charge is 2.32. The molecule has 0 bridgehead atoms. The highest BCUT2D eigenvalue weighted by atomic mass is 32.2. The lowest BCUT2D eigenvalue weighted by Crippen LogP contribution is -2.35. The van der Waals surface area contributed by atoms with Gasteiger partial charge in [-0.15, -0.1) is 11.3 Å². The van der Waals surface area contributed by atoms with Crippen molar-refractivity contribution in [3.05, 3.63) is 34.4 Å². The molecule has 0 aromatic carbocycles. The Morgan fingerprint density at radius 3 is 3.06 bits per heavy atom. The molecule has 2 rings (SSSR count). The molecule has 0 saturated carbocycles. The van der Waals surface area contributed by atoms with Gasteiger partial charge in [0, 0.05) is 22.9 Å². The summed E-state index contributed by atoms with van der Waals surface area (Å²) in [6, 6.07) is 4.17. The van der Waals surface area contributed by atoms with Gasteiger partial charge >= 0.3 is 0 Å². The summed E-state index contributed by atoms with van der Waals surface area (Å²) in [5, 5.41) is 3.08. The van der Waals surface area contributed by atoms with Crippen molar-refractivity contribution >= 4 is 21.4 Å². The predicted molar refractivity (Wildman–Crippen MR) is 66.9 cm³/mol. The van der Waals surface area contributed by atoms with Crippen LogP contribution in [0, 0.1) is 0 Å². The van der Waals surface area contributed by atoms with Gasteiger partial charge in [-0.05, 0) is 30.7 Å². The maximum absolute atomic E-state index is 11.8. The summed E-state index contributed by atoms with van der Waals surface area (Å²) < 4.78 is 25.1. The van der Waals surface area contributed by atoms with E-state index in [1.807, 2.05) is 11.4 Å². The topological polar surface area (TPSA) is 37.4 Å². The molecule has 5 heteroatoms. The average Bonchev–Trinajstić information content (AvgIpc) is 2.89. The van der Waals surface area contributed by atoms with Crippen LogP contribution < -0.4 is 0 Å². The molecule has 16 heavy (non-hydrogen) atoms. The highest BCUT2D eigenvalue weighted by molar-refractivity contribution is 7.92. The number of rotatable bonds is 4. The minimum atomic E-state index is -3.25. The summed E-state index contributed by atoms with van der Waals surface area (Å²) in [6.07, 6.45) is 2.72. The van der Waals surface area contributed by atoms with E-state index < -0.39 is 10.0 Å². The van der Waals surface area contributed by atoms with Crippen LogP contribution in [-0.4, -0.2) is 25.3 Å². The molecule has 0 unspecified atom stereocenters. The van der Waals surface area contributed by atoms with Crippen LogP contribution in [0.4, 0.5) is 0 Å². The summed E-state index contributed by atoms with van der Waals surface area (Å²) in [5.74, 6) is 0. The predicted octanol–water partition coefficient (Wildman–Crippen LogP) is 2.23. The molecule has 1 saturated heterocycles. The molecule has 2 heterocycles. The Kier molecular flexibility index (Phi) is 3.47. The quantitative estimate of drug-likeness (QED) is 0.829. The van der Waals surface area contributed by atoms with Gasteiger partial charge in [-0.3, -0.25) is 0 Å². The Labute approximate surface area is 100 Å². The van der Waals surface area contributed by atoms with Gasteiger partial charge in [-0.2, -0.15) is 4.31 Å². The molecular weight excluding hydrogens is 242 g/mol. The van der Waals surface area contributed by atoms with E-state index in [0.29, 0.717) is 6.54 Å². The first kappa shape index (κ1) is 11.8. The smallest absolute Gasteiger partial charge is 0.208 e. The summed E-state index contributed by atoms with van der Waals surface area (Å²) >= 11 is 1.68. The molecule has 0 aliphatic carbocycles. The zero-order valence-corrected chi connectivity index (χ0v) is 10.6. The van der Waals surface area contributed by atoms with E-state index in [0.717, 1.165) is 24.7 Å². The van der Waals surface area contributed by atoms with Gasteiger partial charge in [0.2, 0.25) is 10.0 Å². The van der Waals surface area contributed by atoms with Crippen molar-refractivity contribution in [2.75, 3.05) is 6.54 Å². The van der Waals surface area contributed by atoms with Gasteiger partial charge in [0.25, 0.3) is 0 Å². The fourth-order valence-electron chi connectivity index (χ4n) is 2.10.